The molecular weight excluding hydrogens is 294 g/mol. The van der Waals surface area contributed by atoms with Crippen molar-refractivity contribution < 1.29 is 8.42 Å². The van der Waals surface area contributed by atoms with Crippen molar-refractivity contribution in [3.05, 3.63) is 29.3 Å². The summed E-state index contributed by atoms with van der Waals surface area (Å²) in [5.74, 6) is 0.149. The third-order valence-electron chi connectivity index (χ3n) is 3.80. The van der Waals surface area contributed by atoms with E-state index in [1.54, 1.807) is 24.3 Å². The molecule has 3 nitrogen and oxygen atoms in total. The van der Waals surface area contributed by atoms with Gasteiger partial charge in [0.25, 0.3) is 0 Å². The van der Waals surface area contributed by atoms with Crippen LogP contribution >= 0.6 is 11.6 Å². The molecule has 0 unspecified atom stereocenters. The van der Waals surface area contributed by atoms with E-state index in [0.29, 0.717) is 17.5 Å². The summed E-state index contributed by atoms with van der Waals surface area (Å²) in [4.78, 5) is 0.249. The van der Waals surface area contributed by atoms with Crippen LogP contribution in [0.2, 0.25) is 5.02 Å². The molecule has 1 saturated carbocycles. The van der Waals surface area contributed by atoms with E-state index in [2.05, 4.69) is 5.32 Å². The Morgan fingerprint density at radius 3 is 2.55 bits per heavy atom. The normalized spacial score (nSPS) is 17.2. The van der Waals surface area contributed by atoms with Gasteiger partial charge in [-0.15, -0.1) is 0 Å². The van der Waals surface area contributed by atoms with Crippen molar-refractivity contribution in [2.75, 3.05) is 12.3 Å². The first-order valence-corrected chi connectivity index (χ1v) is 9.33. The molecule has 5 heteroatoms. The van der Waals surface area contributed by atoms with E-state index >= 15 is 0 Å². The van der Waals surface area contributed by atoms with Gasteiger partial charge >= 0.3 is 0 Å². The van der Waals surface area contributed by atoms with Crippen molar-refractivity contribution >= 4 is 21.4 Å². The van der Waals surface area contributed by atoms with Gasteiger partial charge in [0.2, 0.25) is 0 Å². The van der Waals surface area contributed by atoms with Crippen LogP contribution in [0.4, 0.5) is 0 Å². The van der Waals surface area contributed by atoms with E-state index in [-0.39, 0.29) is 10.6 Å². The van der Waals surface area contributed by atoms with E-state index in [1.807, 2.05) is 0 Å². The Morgan fingerprint density at radius 2 is 1.85 bits per heavy atom. The molecule has 0 aromatic heterocycles. The molecule has 1 fully saturated rings. The number of benzene rings is 1. The molecule has 20 heavy (non-hydrogen) atoms. The van der Waals surface area contributed by atoms with Crippen molar-refractivity contribution in [2.45, 2.75) is 49.5 Å². The van der Waals surface area contributed by atoms with Gasteiger partial charge in [-0.1, -0.05) is 43.0 Å². The predicted molar refractivity (Wildman–Crippen MR) is 83.0 cm³/mol. The molecule has 0 amide bonds. The van der Waals surface area contributed by atoms with Crippen LogP contribution in [-0.2, 0) is 9.84 Å². The molecule has 1 aromatic rings. The molecule has 0 radical (unpaired) electrons. The van der Waals surface area contributed by atoms with E-state index in [1.165, 1.54) is 32.1 Å². The molecule has 1 aromatic carbocycles. The molecule has 0 heterocycles. The van der Waals surface area contributed by atoms with Crippen molar-refractivity contribution in [3.8, 4) is 0 Å². The minimum Gasteiger partial charge on any atom is -0.314 e. The van der Waals surface area contributed by atoms with Gasteiger partial charge in [-0.25, -0.2) is 8.42 Å². The zero-order chi connectivity index (χ0) is 14.4. The Labute approximate surface area is 126 Å². The second kappa shape index (κ2) is 7.43. The fraction of sp³-hybridized carbons (Fsp3) is 0.600. The Kier molecular flexibility index (Phi) is 5.87. The molecule has 0 aliphatic heterocycles. The fourth-order valence-corrected chi connectivity index (χ4v) is 4.57. The van der Waals surface area contributed by atoms with Crippen LogP contribution in [0.1, 0.15) is 38.5 Å². The SMILES string of the molecule is O=S(=O)(CCCNC1CCCCC1)c1ccccc1Cl. The molecule has 1 aliphatic rings. The van der Waals surface area contributed by atoms with Gasteiger partial charge in [-0.3, -0.25) is 0 Å². The highest BCUT2D eigenvalue weighted by Crippen LogP contribution is 2.22. The average molecular weight is 316 g/mol. The summed E-state index contributed by atoms with van der Waals surface area (Å²) >= 11 is 5.95. The first-order chi connectivity index (χ1) is 9.59. The molecule has 0 bridgehead atoms. The third-order valence-corrected chi connectivity index (χ3v) is 6.09. The summed E-state index contributed by atoms with van der Waals surface area (Å²) < 4.78 is 24.4. The zero-order valence-corrected chi connectivity index (χ0v) is 13.2. The smallest absolute Gasteiger partial charge is 0.179 e. The van der Waals surface area contributed by atoms with Crippen LogP contribution < -0.4 is 5.32 Å². The van der Waals surface area contributed by atoms with Gasteiger partial charge in [0.1, 0.15) is 0 Å². The van der Waals surface area contributed by atoms with Crippen LogP contribution in [0.3, 0.4) is 0 Å². The van der Waals surface area contributed by atoms with Crippen LogP contribution in [-0.4, -0.2) is 26.8 Å². The van der Waals surface area contributed by atoms with Crippen molar-refractivity contribution in [3.63, 3.8) is 0 Å². The van der Waals surface area contributed by atoms with Crippen LogP contribution in [0.25, 0.3) is 0 Å². The second-order valence-electron chi connectivity index (χ2n) is 5.39. The molecule has 112 valence electrons. The zero-order valence-electron chi connectivity index (χ0n) is 11.6. The Bertz CT molecular complexity index is 524. The third kappa shape index (κ3) is 4.47. The highest BCUT2D eigenvalue weighted by molar-refractivity contribution is 7.91. The van der Waals surface area contributed by atoms with Gasteiger partial charge in [0.15, 0.2) is 9.84 Å². The maximum Gasteiger partial charge on any atom is 0.179 e. The minimum absolute atomic E-state index is 0.149. The summed E-state index contributed by atoms with van der Waals surface area (Å²) in [5, 5.41) is 3.78. The second-order valence-corrected chi connectivity index (χ2v) is 7.88. The predicted octanol–water partition coefficient (Wildman–Crippen LogP) is 3.43. The maximum atomic E-state index is 12.2. The van der Waals surface area contributed by atoms with Gasteiger partial charge in [0, 0.05) is 6.04 Å². The van der Waals surface area contributed by atoms with Crippen molar-refractivity contribution in [2.24, 2.45) is 0 Å². The number of hydrogen-bond donors (Lipinski definition) is 1. The lowest BCUT2D eigenvalue weighted by Gasteiger charge is -2.22. The monoisotopic (exact) mass is 315 g/mol. The molecule has 0 atom stereocenters. The lowest BCUT2D eigenvalue weighted by molar-refractivity contribution is 0.374. The highest BCUT2D eigenvalue weighted by atomic mass is 35.5. The lowest BCUT2D eigenvalue weighted by Crippen LogP contribution is -2.32. The quantitative estimate of drug-likeness (QED) is 0.818. The molecule has 1 aliphatic carbocycles. The standard InChI is InChI=1S/C15H22ClNO2S/c16-14-9-4-5-10-15(14)20(18,19)12-6-11-17-13-7-2-1-3-8-13/h4-5,9-10,13,17H,1-3,6-8,11-12H2. The van der Waals surface area contributed by atoms with Crippen molar-refractivity contribution in [1.29, 1.82) is 0 Å². The van der Waals surface area contributed by atoms with E-state index < -0.39 is 9.84 Å². The summed E-state index contributed by atoms with van der Waals surface area (Å²) in [7, 11) is -3.27. The van der Waals surface area contributed by atoms with Gasteiger partial charge in [-0.2, -0.15) is 0 Å². The van der Waals surface area contributed by atoms with Gasteiger partial charge < -0.3 is 5.32 Å². The van der Waals surface area contributed by atoms with Crippen LogP contribution in [0.15, 0.2) is 29.2 Å². The largest absolute Gasteiger partial charge is 0.314 e. The first-order valence-electron chi connectivity index (χ1n) is 7.30. The topological polar surface area (TPSA) is 46.2 Å². The first kappa shape index (κ1) is 15.8. The average Bonchev–Trinajstić information content (AvgIpc) is 2.45. The Hall–Kier alpha value is -0.580. The van der Waals surface area contributed by atoms with E-state index in [0.717, 1.165) is 6.54 Å². The summed E-state index contributed by atoms with van der Waals surface area (Å²) in [6.07, 6.45) is 6.98. The summed E-state index contributed by atoms with van der Waals surface area (Å²) in [6, 6.07) is 7.22. The lowest BCUT2D eigenvalue weighted by atomic mass is 9.95. The fourth-order valence-electron chi connectivity index (χ4n) is 2.68. The number of rotatable bonds is 6. The van der Waals surface area contributed by atoms with Crippen molar-refractivity contribution in [1.82, 2.24) is 5.32 Å². The highest BCUT2D eigenvalue weighted by Gasteiger charge is 2.18. The Morgan fingerprint density at radius 1 is 1.15 bits per heavy atom. The van der Waals surface area contributed by atoms with Gasteiger partial charge in [-0.05, 0) is 37.9 Å². The summed E-state index contributed by atoms with van der Waals surface area (Å²) in [6.45, 7) is 0.758. The number of hydrogen-bond acceptors (Lipinski definition) is 3. The Balaban J connectivity index is 1.79. The van der Waals surface area contributed by atoms with E-state index in [9.17, 15) is 8.42 Å². The summed E-state index contributed by atoms with van der Waals surface area (Å²) in [5.41, 5.74) is 0. The molecule has 1 N–H and O–H groups in total. The molecule has 0 spiro atoms. The van der Waals surface area contributed by atoms with Gasteiger partial charge in [0.05, 0.1) is 15.7 Å². The molecule has 0 saturated heterocycles. The number of halogens is 1. The number of nitrogens with one attached hydrogen (secondary N) is 1. The number of sulfone groups is 1. The van der Waals surface area contributed by atoms with Crippen LogP contribution in [0, 0.1) is 0 Å². The maximum absolute atomic E-state index is 12.2. The van der Waals surface area contributed by atoms with Crippen LogP contribution in [0.5, 0.6) is 0 Å². The van der Waals surface area contributed by atoms with E-state index in [4.69, 9.17) is 11.6 Å². The molecular formula is C15H22ClNO2S. The molecule has 2 rings (SSSR count). The minimum atomic E-state index is -3.27.